The first-order chi connectivity index (χ1) is 9.86. The molecule has 0 aromatic carbocycles. The van der Waals surface area contributed by atoms with Gasteiger partial charge in [0.15, 0.2) is 0 Å². The van der Waals surface area contributed by atoms with Crippen molar-refractivity contribution < 1.29 is 8.42 Å². The summed E-state index contributed by atoms with van der Waals surface area (Å²) in [6.45, 7) is 5.68. The van der Waals surface area contributed by atoms with E-state index in [9.17, 15) is 8.42 Å². The number of halogens is 1. The third-order valence-corrected chi connectivity index (χ3v) is 6.67. The van der Waals surface area contributed by atoms with E-state index in [1.54, 1.807) is 21.1 Å². The molecule has 0 aliphatic carbocycles. The summed E-state index contributed by atoms with van der Waals surface area (Å²) in [7, 11) is -1.57. The van der Waals surface area contributed by atoms with Gasteiger partial charge in [-0.2, -0.15) is 4.31 Å². The molecule has 120 valence electrons. The van der Waals surface area contributed by atoms with Crippen LogP contribution in [-0.2, 0) is 23.0 Å². The van der Waals surface area contributed by atoms with Gasteiger partial charge in [0.25, 0.3) is 0 Å². The quantitative estimate of drug-likeness (QED) is 0.794. The molecule has 1 aromatic rings. The van der Waals surface area contributed by atoms with Gasteiger partial charge < -0.3 is 4.57 Å². The van der Waals surface area contributed by atoms with Crippen LogP contribution in [0.3, 0.4) is 0 Å². The first-order valence-electron chi connectivity index (χ1n) is 7.57. The first kappa shape index (κ1) is 16.8. The van der Waals surface area contributed by atoms with Crippen molar-refractivity contribution in [2.75, 3.05) is 13.1 Å². The number of alkyl halides is 1. The lowest BCUT2D eigenvalue weighted by molar-refractivity contribution is 0.341. The van der Waals surface area contributed by atoms with Crippen LogP contribution < -0.4 is 0 Å². The first-order valence-corrected chi connectivity index (χ1v) is 9.55. The predicted octanol–water partition coefficient (Wildman–Crippen LogP) is 3.21. The summed E-state index contributed by atoms with van der Waals surface area (Å²) in [6.07, 6.45) is 4.67. The maximum absolute atomic E-state index is 12.8. The Morgan fingerprint density at radius 2 is 2.05 bits per heavy atom. The Bertz CT molecular complexity index is 580. The van der Waals surface area contributed by atoms with E-state index in [4.69, 9.17) is 11.6 Å². The molecule has 2 rings (SSSR count). The SMILES string of the molecule is CC(C)C1CCCN(S(=O)(=O)c2cc(CCl)n(C)c2)CC1. The molecular formula is C15H25ClN2O2S. The lowest BCUT2D eigenvalue weighted by atomic mass is 9.89. The Morgan fingerprint density at radius 1 is 1.33 bits per heavy atom. The van der Waals surface area contributed by atoms with Crippen molar-refractivity contribution in [3.05, 3.63) is 18.0 Å². The average molecular weight is 333 g/mol. The second-order valence-electron chi connectivity index (χ2n) is 6.25. The van der Waals surface area contributed by atoms with Crippen LogP contribution in [0.1, 0.15) is 38.8 Å². The molecule has 0 bridgehead atoms. The number of nitrogens with zero attached hydrogens (tertiary/aromatic N) is 2. The van der Waals surface area contributed by atoms with Gasteiger partial charge in [0, 0.05) is 32.0 Å². The van der Waals surface area contributed by atoms with Crippen LogP contribution in [0.5, 0.6) is 0 Å². The van der Waals surface area contributed by atoms with E-state index in [1.165, 1.54) is 0 Å². The van der Waals surface area contributed by atoms with Gasteiger partial charge in [0.2, 0.25) is 10.0 Å². The highest BCUT2D eigenvalue weighted by molar-refractivity contribution is 7.89. The van der Waals surface area contributed by atoms with Crippen LogP contribution in [0.25, 0.3) is 0 Å². The highest BCUT2D eigenvalue weighted by atomic mass is 35.5. The topological polar surface area (TPSA) is 42.3 Å². The monoisotopic (exact) mass is 332 g/mol. The van der Waals surface area contributed by atoms with Gasteiger partial charge in [0.1, 0.15) is 4.90 Å². The maximum atomic E-state index is 12.8. The minimum absolute atomic E-state index is 0.321. The highest BCUT2D eigenvalue weighted by Gasteiger charge is 2.29. The van der Waals surface area contributed by atoms with Gasteiger partial charge in [-0.25, -0.2) is 8.42 Å². The van der Waals surface area contributed by atoms with Crippen molar-refractivity contribution in [1.29, 1.82) is 0 Å². The molecule has 1 aliphatic heterocycles. The van der Waals surface area contributed by atoms with Gasteiger partial charge in [-0.3, -0.25) is 0 Å². The second-order valence-corrected chi connectivity index (χ2v) is 8.46. The molecule has 1 unspecified atom stereocenters. The van der Waals surface area contributed by atoms with Crippen molar-refractivity contribution >= 4 is 21.6 Å². The molecule has 1 saturated heterocycles. The zero-order valence-electron chi connectivity index (χ0n) is 13.0. The van der Waals surface area contributed by atoms with Crippen molar-refractivity contribution in [2.45, 2.75) is 43.9 Å². The van der Waals surface area contributed by atoms with Gasteiger partial charge >= 0.3 is 0 Å². The lowest BCUT2D eigenvalue weighted by Gasteiger charge is -2.20. The Balaban J connectivity index is 2.19. The molecule has 6 heteroatoms. The molecule has 1 aromatic heterocycles. The highest BCUT2D eigenvalue weighted by Crippen LogP contribution is 2.28. The summed E-state index contributed by atoms with van der Waals surface area (Å²) >= 11 is 5.83. The van der Waals surface area contributed by atoms with Gasteiger partial charge in [-0.1, -0.05) is 13.8 Å². The molecule has 0 radical (unpaired) electrons. The molecule has 4 nitrogen and oxygen atoms in total. The predicted molar refractivity (Wildman–Crippen MR) is 85.9 cm³/mol. The molecule has 1 aliphatic rings. The fourth-order valence-corrected chi connectivity index (χ4v) is 4.86. The van der Waals surface area contributed by atoms with Gasteiger partial charge in [-0.05, 0) is 37.2 Å². The van der Waals surface area contributed by atoms with E-state index in [-0.39, 0.29) is 0 Å². The molecule has 1 fully saturated rings. The van der Waals surface area contributed by atoms with E-state index in [0.717, 1.165) is 25.0 Å². The Kier molecular flexibility index (Phi) is 5.38. The van der Waals surface area contributed by atoms with E-state index < -0.39 is 10.0 Å². The molecule has 0 saturated carbocycles. The normalized spacial score (nSPS) is 21.7. The number of hydrogen-bond donors (Lipinski definition) is 0. The van der Waals surface area contributed by atoms with Gasteiger partial charge in [0.05, 0.1) is 5.88 Å². The van der Waals surface area contributed by atoms with E-state index >= 15 is 0 Å². The number of aryl methyl sites for hydroxylation is 1. The summed E-state index contributed by atoms with van der Waals surface area (Å²) in [4.78, 5) is 0.364. The van der Waals surface area contributed by atoms with E-state index in [0.29, 0.717) is 35.7 Å². The molecule has 21 heavy (non-hydrogen) atoms. The van der Waals surface area contributed by atoms with Crippen LogP contribution in [0.4, 0.5) is 0 Å². The van der Waals surface area contributed by atoms with Crippen LogP contribution in [0.15, 0.2) is 17.2 Å². The Hall–Kier alpha value is -0.520. The number of rotatable bonds is 4. The molecule has 0 amide bonds. The van der Waals surface area contributed by atoms with Crippen molar-refractivity contribution in [3.63, 3.8) is 0 Å². The molecular weight excluding hydrogens is 308 g/mol. The minimum atomic E-state index is -3.39. The summed E-state index contributed by atoms with van der Waals surface area (Å²) < 4.78 is 29.0. The van der Waals surface area contributed by atoms with Crippen LogP contribution in [0, 0.1) is 11.8 Å². The Morgan fingerprint density at radius 3 is 2.62 bits per heavy atom. The number of aromatic nitrogens is 1. The summed E-state index contributed by atoms with van der Waals surface area (Å²) in [5.74, 6) is 1.56. The third kappa shape index (κ3) is 3.63. The van der Waals surface area contributed by atoms with Gasteiger partial charge in [-0.15, -0.1) is 11.6 Å². The number of sulfonamides is 1. The lowest BCUT2D eigenvalue weighted by Crippen LogP contribution is -2.32. The van der Waals surface area contributed by atoms with Crippen molar-refractivity contribution in [3.8, 4) is 0 Å². The fourth-order valence-electron chi connectivity index (χ4n) is 3.00. The zero-order chi connectivity index (χ0) is 15.6. The Labute approximate surface area is 133 Å². The molecule has 1 atom stereocenters. The molecule has 0 N–H and O–H groups in total. The fraction of sp³-hybridized carbons (Fsp3) is 0.733. The smallest absolute Gasteiger partial charge is 0.244 e. The average Bonchev–Trinajstić information content (AvgIpc) is 2.65. The van der Waals surface area contributed by atoms with E-state index in [2.05, 4.69) is 13.8 Å². The third-order valence-electron chi connectivity index (χ3n) is 4.53. The minimum Gasteiger partial charge on any atom is -0.352 e. The largest absolute Gasteiger partial charge is 0.352 e. The summed E-state index contributed by atoms with van der Waals surface area (Å²) in [5, 5.41) is 0. The van der Waals surface area contributed by atoms with Crippen LogP contribution in [0.2, 0.25) is 0 Å². The second kappa shape index (κ2) is 6.71. The zero-order valence-corrected chi connectivity index (χ0v) is 14.6. The molecule has 0 spiro atoms. The van der Waals surface area contributed by atoms with Crippen molar-refractivity contribution in [1.82, 2.24) is 8.87 Å². The van der Waals surface area contributed by atoms with Crippen molar-refractivity contribution in [2.24, 2.45) is 18.9 Å². The molecule has 2 heterocycles. The van der Waals surface area contributed by atoms with E-state index in [1.807, 2.05) is 7.05 Å². The number of hydrogen-bond acceptors (Lipinski definition) is 2. The maximum Gasteiger partial charge on any atom is 0.244 e. The van der Waals surface area contributed by atoms with Crippen LogP contribution >= 0.6 is 11.6 Å². The van der Waals surface area contributed by atoms with Crippen LogP contribution in [-0.4, -0.2) is 30.4 Å². The summed E-state index contributed by atoms with van der Waals surface area (Å²) in [5.41, 5.74) is 0.824. The standard InChI is InChI=1S/C15H25ClN2O2S/c1-12(2)13-5-4-7-18(8-6-13)21(19,20)15-9-14(10-16)17(3)11-15/h9,11-13H,4-8,10H2,1-3H3. The summed E-state index contributed by atoms with van der Waals surface area (Å²) in [6, 6.07) is 1.69.